The van der Waals surface area contributed by atoms with Crippen LogP contribution in [0.1, 0.15) is 101 Å². The van der Waals surface area contributed by atoms with Gasteiger partial charge in [0.25, 0.3) is 0 Å². The molecule has 8 heteroatoms. The monoisotopic (exact) mass is 472 g/mol. The van der Waals surface area contributed by atoms with Crippen molar-refractivity contribution in [3.8, 4) is 0 Å². The number of ether oxygens (including phenoxy) is 2. The zero-order valence-corrected chi connectivity index (χ0v) is 22.4. The third-order valence-electron chi connectivity index (χ3n) is 8.34. The molecule has 0 bridgehead atoms. The molecule has 33 heavy (non-hydrogen) atoms. The van der Waals surface area contributed by atoms with E-state index in [1.807, 2.05) is 41.5 Å². The highest BCUT2D eigenvalue weighted by molar-refractivity contribution is 5.91. The molecular weight excluding hydrogens is 424 g/mol. The lowest BCUT2D eigenvalue weighted by Gasteiger charge is -2.51. The van der Waals surface area contributed by atoms with Crippen molar-refractivity contribution < 1.29 is 29.5 Å². The number of esters is 2. The van der Waals surface area contributed by atoms with E-state index in [9.17, 15) is 9.59 Å². The molecule has 0 spiro atoms. The minimum atomic E-state index is -0.575. The maximum Gasteiger partial charge on any atom is 0.317 e. The summed E-state index contributed by atoms with van der Waals surface area (Å²) in [5.41, 5.74) is -1.74. The molecule has 2 saturated heterocycles. The number of hydrogen-bond acceptors (Lipinski definition) is 6. The highest BCUT2D eigenvalue weighted by Gasteiger charge is 2.55. The molecule has 4 N–H and O–H groups in total. The van der Waals surface area contributed by atoms with Crippen LogP contribution in [0.5, 0.6) is 0 Å². The van der Waals surface area contributed by atoms with E-state index in [-0.39, 0.29) is 24.0 Å². The summed E-state index contributed by atoms with van der Waals surface area (Å²) >= 11 is 0. The van der Waals surface area contributed by atoms with Crippen molar-refractivity contribution in [2.24, 2.45) is 11.8 Å². The molecule has 2 rings (SSSR count). The van der Waals surface area contributed by atoms with Gasteiger partial charge in [0.05, 0.1) is 22.2 Å². The quantitative estimate of drug-likeness (QED) is 0.334. The van der Waals surface area contributed by atoms with Crippen LogP contribution in [0.4, 0.5) is 0 Å². The molecular formula is C25H48N2O6+2. The molecule has 0 amide bonds. The molecule has 0 aromatic rings. The fraction of sp³-hybridized carbons (Fsp3) is 0.920. The smallest absolute Gasteiger partial charge is 0.317 e. The molecule has 4 atom stereocenters. The van der Waals surface area contributed by atoms with Crippen molar-refractivity contribution >= 4 is 11.9 Å². The van der Waals surface area contributed by atoms with Crippen LogP contribution in [0.3, 0.4) is 0 Å². The van der Waals surface area contributed by atoms with Crippen molar-refractivity contribution in [2.45, 2.75) is 136 Å². The molecule has 0 saturated carbocycles. The Morgan fingerprint density at radius 1 is 0.727 bits per heavy atom. The van der Waals surface area contributed by atoms with E-state index in [4.69, 9.17) is 19.9 Å². The molecule has 8 nitrogen and oxygen atoms in total. The summed E-state index contributed by atoms with van der Waals surface area (Å²) in [5.74, 6) is -0.729. The number of nitrogens with zero attached hydrogens (tertiary/aromatic N) is 2. The molecule has 192 valence electrons. The first kappa shape index (κ1) is 28.0. The van der Waals surface area contributed by atoms with Gasteiger partial charge < -0.3 is 19.9 Å². The predicted molar refractivity (Wildman–Crippen MR) is 128 cm³/mol. The highest BCUT2D eigenvalue weighted by atomic mass is 16.6. The normalized spacial score (nSPS) is 35.0. The van der Waals surface area contributed by atoms with E-state index in [0.29, 0.717) is 25.7 Å². The number of carbonyl (C=O) groups excluding carboxylic acids is 2. The van der Waals surface area contributed by atoms with E-state index < -0.39 is 40.5 Å². The number of piperidine rings is 2. The fourth-order valence-corrected chi connectivity index (χ4v) is 5.66. The van der Waals surface area contributed by atoms with Crippen molar-refractivity contribution in [1.29, 1.82) is 0 Å². The van der Waals surface area contributed by atoms with Crippen LogP contribution in [0, 0.1) is 11.8 Å². The van der Waals surface area contributed by atoms with Gasteiger partial charge >= 0.3 is 11.9 Å². The molecule has 0 aromatic carbocycles. The first-order valence-electron chi connectivity index (χ1n) is 12.3. The molecule has 0 radical (unpaired) electrons. The summed E-state index contributed by atoms with van der Waals surface area (Å²) in [6, 6.07) is 0. The summed E-state index contributed by atoms with van der Waals surface area (Å²) in [5, 5.41) is 20.5. The van der Waals surface area contributed by atoms with Crippen LogP contribution < -0.4 is 0 Å². The first-order valence-corrected chi connectivity index (χ1v) is 12.3. The van der Waals surface area contributed by atoms with Gasteiger partial charge in [-0.1, -0.05) is 37.8 Å². The Balaban J connectivity index is 2.00. The standard InChI is InChI=1S/C25H46N2O6/c1-16(2)24(9)14-18(12-22(5,6)26(24)30)32-20(28)11-21(29)33-19-13-23(7,8)27(31)25(10,15-19)17(3)4/h16-19,30-31H,11-15H2,1-10H3/p+2. The topological polar surface area (TPSA) is 105 Å². The van der Waals surface area contributed by atoms with Crippen molar-refractivity contribution in [3.63, 3.8) is 0 Å². The summed E-state index contributed by atoms with van der Waals surface area (Å²) in [6.45, 7) is 20.3. The average molecular weight is 473 g/mol. The van der Waals surface area contributed by atoms with E-state index >= 15 is 0 Å². The zero-order chi connectivity index (χ0) is 25.6. The molecule has 0 aromatic heterocycles. The van der Waals surface area contributed by atoms with Crippen molar-refractivity contribution in [1.82, 2.24) is 10.1 Å². The predicted octanol–water partition coefficient (Wildman–Crippen LogP) is 3.06. The van der Waals surface area contributed by atoms with Crippen LogP contribution in [0.15, 0.2) is 0 Å². The van der Waals surface area contributed by atoms with Crippen molar-refractivity contribution in [3.05, 3.63) is 0 Å². The number of carbonyl (C=O) groups is 2. The van der Waals surface area contributed by atoms with Crippen LogP contribution in [-0.4, -0.2) is 66.8 Å². The van der Waals surface area contributed by atoms with Crippen LogP contribution >= 0.6 is 0 Å². The Morgan fingerprint density at radius 3 is 1.30 bits per heavy atom. The molecule has 0 aliphatic carbocycles. The zero-order valence-electron chi connectivity index (χ0n) is 22.4. The molecule has 2 fully saturated rings. The first-order chi connectivity index (χ1) is 14.8. The van der Waals surface area contributed by atoms with E-state index in [2.05, 4.69) is 27.7 Å². The summed E-state index contributed by atoms with van der Waals surface area (Å²) < 4.78 is 11.5. The van der Waals surface area contributed by atoms with Crippen LogP contribution in [0.25, 0.3) is 0 Å². The Bertz CT molecular complexity index is 676. The molecule has 2 aliphatic heterocycles. The highest BCUT2D eigenvalue weighted by Crippen LogP contribution is 2.43. The summed E-state index contributed by atoms with van der Waals surface area (Å²) in [7, 11) is 0. The van der Waals surface area contributed by atoms with E-state index in [1.54, 1.807) is 10.1 Å². The average Bonchev–Trinajstić information content (AvgIpc) is 2.62. The fourth-order valence-electron chi connectivity index (χ4n) is 5.66. The van der Waals surface area contributed by atoms with Crippen molar-refractivity contribution in [2.75, 3.05) is 0 Å². The molecule has 4 unspecified atom stereocenters. The number of rotatable bonds is 6. The second-order valence-electron chi connectivity index (χ2n) is 12.5. The molecule has 2 aliphatic rings. The SMILES string of the molecule is CC(C)C1(C)CC(OC(=O)CC(=O)OC2CC(C)(C)N([OH2+])C(C)(C(C)C)C2)CC(C)(C)N1[OH2+]. The Kier molecular flexibility index (Phi) is 8.01. The van der Waals surface area contributed by atoms with Gasteiger partial charge in [-0.25, -0.2) is 0 Å². The van der Waals surface area contributed by atoms with E-state index in [1.165, 1.54) is 0 Å². The minimum absolute atomic E-state index is 0.210. The van der Waals surface area contributed by atoms with Gasteiger partial charge in [0, 0.05) is 25.7 Å². The maximum atomic E-state index is 12.6. The van der Waals surface area contributed by atoms with Gasteiger partial charge in [0.15, 0.2) is 0 Å². The Labute approximate surface area is 199 Å². The largest absolute Gasteiger partial charge is 0.462 e. The van der Waals surface area contributed by atoms with E-state index in [0.717, 1.165) is 0 Å². The maximum absolute atomic E-state index is 12.6. The lowest BCUT2D eigenvalue weighted by molar-refractivity contribution is -0.276. The van der Waals surface area contributed by atoms with Gasteiger partial charge in [-0.05, 0) is 53.4 Å². The minimum Gasteiger partial charge on any atom is -0.462 e. The molecule has 2 heterocycles. The number of hydrogen-bond donors (Lipinski definition) is 0. The van der Waals surface area contributed by atoms with Crippen LogP contribution in [0.2, 0.25) is 0 Å². The van der Waals surface area contributed by atoms with Gasteiger partial charge in [-0.3, -0.25) is 9.59 Å². The lowest BCUT2D eigenvalue weighted by atomic mass is 9.73. The third-order valence-corrected chi connectivity index (χ3v) is 8.34. The third kappa shape index (κ3) is 5.72. The second-order valence-corrected chi connectivity index (χ2v) is 12.5. The lowest BCUT2D eigenvalue weighted by Crippen LogP contribution is -2.64. The van der Waals surface area contributed by atoms with Crippen LogP contribution in [-0.2, 0) is 19.1 Å². The summed E-state index contributed by atoms with van der Waals surface area (Å²) in [6.07, 6.45) is 1.10. The number of hydroxylamine groups is 4. The Morgan fingerprint density at radius 2 is 1.03 bits per heavy atom. The second kappa shape index (κ2) is 9.44. The van der Waals surface area contributed by atoms with Gasteiger partial charge in [0.2, 0.25) is 0 Å². The van der Waals surface area contributed by atoms with Gasteiger partial charge in [-0.2, -0.15) is 0 Å². The van der Waals surface area contributed by atoms with Gasteiger partial charge in [0.1, 0.15) is 18.6 Å². The Hall–Kier alpha value is -1.22. The van der Waals surface area contributed by atoms with Gasteiger partial charge in [-0.15, -0.1) is 0 Å². The summed E-state index contributed by atoms with van der Waals surface area (Å²) in [4.78, 5) is 25.3.